The van der Waals surface area contributed by atoms with Crippen molar-refractivity contribution in [3.8, 4) is 11.8 Å². The van der Waals surface area contributed by atoms with Gasteiger partial charge in [-0.1, -0.05) is 30.0 Å². The van der Waals surface area contributed by atoms with Crippen LogP contribution in [-0.2, 0) is 0 Å². The maximum Gasteiger partial charge on any atom is 0.145 e. The summed E-state index contributed by atoms with van der Waals surface area (Å²) in [6, 6.07) is 9.34. The highest BCUT2D eigenvalue weighted by Crippen LogP contribution is 2.00. The number of aliphatic hydroxyl groups is 2. The number of aliphatic hydroxyl groups excluding tert-OH is 1. The molecule has 0 unspecified atom stereocenters. The van der Waals surface area contributed by atoms with Gasteiger partial charge in [0.15, 0.2) is 0 Å². The molecule has 2 heteroatoms. The Morgan fingerprint density at radius 3 is 2.46 bits per heavy atom. The van der Waals surface area contributed by atoms with Gasteiger partial charge >= 0.3 is 0 Å². The Bertz CT molecular complexity index is 317. The van der Waals surface area contributed by atoms with Gasteiger partial charge in [-0.2, -0.15) is 0 Å². The maximum atomic E-state index is 9.36. The third-order valence-corrected chi connectivity index (χ3v) is 1.56. The van der Waals surface area contributed by atoms with Crippen LogP contribution in [0.3, 0.4) is 0 Å². The van der Waals surface area contributed by atoms with Crippen LogP contribution in [0.25, 0.3) is 0 Å². The van der Waals surface area contributed by atoms with E-state index in [1.54, 1.807) is 0 Å². The molecule has 68 valence electrons. The predicted octanol–water partition coefficient (Wildman–Crippen LogP) is 0.781. The van der Waals surface area contributed by atoms with Crippen molar-refractivity contribution in [1.82, 2.24) is 0 Å². The summed E-state index contributed by atoms with van der Waals surface area (Å²) in [5, 5.41) is 18.1. The smallest absolute Gasteiger partial charge is 0.145 e. The molecule has 1 aromatic carbocycles. The first kappa shape index (κ1) is 9.79. The molecule has 13 heavy (non-hydrogen) atoms. The highest BCUT2D eigenvalue weighted by Gasteiger charge is 2.13. The molecule has 0 aromatic heterocycles. The average molecular weight is 176 g/mol. The molecule has 0 spiro atoms. The molecular formula is C11H12O2. The van der Waals surface area contributed by atoms with Gasteiger partial charge in [0.1, 0.15) is 5.60 Å². The Balaban J connectivity index is 2.79. The molecule has 0 fully saturated rings. The van der Waals surface area contributed by atoms with Crippen molar-refractivity contribution in [3.63, 3.8) is 0 Å². The number of hydrogen-bond acceptors (Lipinski definition) is 2. The van der Waals surface area contributed by atoms with Crippen LogP contribution >= 0.6 is 0 Å². The summed E-state index contributed by atoms with van der Waals surface area (Å²) in [6.45, 7) is 1.12. The summed E-state index contributed by atoms with van der Waals surface area (Å²) < 4.78 is 0. The topological polar surface area (TPSA) is 40.5 Å². The molecule has 2 nitrogen and oxygen atoms in total. The highest BCUT2D eigenvalue weighted by molar-refractivity contribution is 5.35. The summed E-state index contributed by atoms with van der Waals surface area (Å²) in [5.41, 5.74) is -0.480. The fourth-order valence-corrected chi connectivity index (χ4v) is 0.768. The Morgan fingerprint density at radius 2 is 1.92 bits per heavy atom. The van der Waals surface area contributed by atoms with Gasteiger partial charge in [-0.3, -0.25) is 0 Å². The van der Waals surface area contributed by atoms with Gasteiger partial charge in [-0.05, 0) is 19.1 Å². The van der Waals surface area contributed by atoms with Crippen molar-refractivity contribution in [1.29, 1.82) is 0 Å². The second kappa shape index (κ2) is 4.08. The van der Waals surface area contributed by atoms with E-state index in [0.717, 1.165) is 5.56 Å². The van der Waals surface area contributed by atoms with E-state index in [9.17, 15) is 5.11 Å². The predicted molar refractivity (Wildman–Crippen MR) is 51.0 cm³/mol. The van der Waals surface area contributed by atoms with Crippen LogP contribution in [0.5, 0.6) is 0 Å². The van der Waals surface area contributed by atoms with E-state index in [1.165, 1.54) is 6.92 Å². The fourth-order valence-electron chi connectivity index (χ4n) is 0.768. The number of benzene rings is 1. The van der Waals surface area contributed by atoms with Crippen molar-refractivity contribution in [3.05, 3.63) is 35.9 Å². The Kier molecular flexibility index (Phi) is 3.07. The van der Waals surface area contributed by atoms with E-state index in [0.29, 0.717) is 0 Å². The lowest BCUT2D eigenvalue weighted by molar-refractivity contribution is 0.0519. The van der Waals surface area contributed by atoms with E-state index in [4.69, 9.17) is 5.11 Å². The first-order chi connectivity index (χ1) is 6.14. The summed E-state index contributed by atoms with van der Waals surface area (Å²) in [6.07, 6.45) is 0. The third kappa shape index (κ3) is 3.29. The summed E-state index contributed by atoms with van der Waals surface area (Å²) in [4.78, 5) is 0. The highest BCUT2D eigenvalue weighted by atomic mass is 16.3. The minimum absolute atomic E-state index is 0.354. The van der Waals surface area contributed by atoms with Gasteiger partial charge in [0, 0.05) is 5.56 Å². The van der Waals surface area contributed by atoms with Crippen molar-refractivity contribution in [2.75, 3.05) is 6.61 Å². The van der Waals surface area contributed by atoms with Crippen molar-refractivity contribution in [2.45, 2.75) is 12.5 Å². The van der Waals surface area contributed by atoms with E-state index in [-0.39, 0.29) is 6.61 Å². The molecule has 0 saturated carbocycles. The summed E-state index contributed by atoms with van der Waals surface area (Å²) >= 11 is 0. The van der Waals surface area contributed by atoms with Gasteiger partial charge in [0.25, 0.3) is 0 Å². The molecule has 0 heterocycles. The average Bonchev–Trinajstić information content (AvgIpc) is 2.17. The zero-order valence-corrected chi connectivity index (χ0v) is 7.49. The van der Waals surface area contributed by atoms with Crippen LogP contribution in [0.1, 0.15) is 12.5 Å². The van der Waals surface area contributed by atoms with E-state index in [2.05, 4.69) is 11.8 Å². The molecule has 1 rings (SSSR count). The van der Waals surface area contributed by atoms with Gasteiger partial charge in [0.2, 0.25) is 0 Å². The van der Waals surface area contributed by atoms with E-state index >= 15 is 0 Å². The number of hydrogen-bond donors (Lipinski definition) is 2. The molecule has 0 saturated heterocycles. The van der Waals surface area contributed by atoms with Crippen LogP contribution < -0.4 is 0 Å². The second-order valence-corrected chi connectivity index (χ2v) is 3.05. The molecular weight excluding hydrogens is 164 g/mol. The Morgan fingerprint density at radius 1 is 1.31 bits per heavy atom. The van der Waals surface area contributed by atoms with E-state index in [1.807, 2.05) is 30.3 Å². The lowest BCUT2D eigenvalue weighted by atomic mass is 10.1. The first-order valence-corrected chi connectivity index (χ1v) is 4.05. The van der Waals surface area contributed by atoms with Crippen LogP contribution in [-0.4, -0.2) is 22.4 Å². The summed E-state index contributed by atoms with van der Waals surface area (Å²) in [5.74, 6) is 5.36. The zero-order chi connectivity index (χ0) is 9.73. The Labute approximate surface area is 77.8 Å². The second-order valence-electron chi connectivity index (χ2n) is 3.05. The zero-order valence-electron chi connectivity index (χ0n) is 7.49. The fraction of sp³-hybridized carbons (Fsp3) is 0.273. The number of rotatable bonds is 1. The molecule has 0 aliphatic heterocycles. The molecule has 0 aliphatic rings. The van der Waals surface area contributed by atoms with E-state index < -0.39 is 5.60 Å². The molecule has 0 aliphatic carbocycles. The molecule has 0 radical (unpaired) electrons. The minimum atomic E-state index is -1.31. The maximum absolute atomic E-state index is 9.36. The lowest BCUT2D eigenvalue weighted by Crippen LogP contribution is -2.26. The largest absolute Gasteiger partial charge is 0.392 e. The van der Waals surface area contributed by atoms with Crippen LogP contribution in [0.2, 0.25) is 0 Å². The minimum Gasteiger partial charge on any atom is -0.392 e. The monoisotopic (exact) mass is 176 g/mol. The van der Waals surface area contributed by atoms with Crippen LogP contribution in [0.4, 0.5) is 0 Å². The molecule has 1 aromatic rings. The van der Waals surface area contributed by atoms with Crippen molar-refractivity contribution < 1.29 is 10.2 Å². The molecule has 0 bridgehead atoms. The van der Waals surface area contributed by atoms with Gasteiger partial charge in [-0.25, -0.2) is 0 Å². The molecule has 1 atom stereocenters. The standard InChI is InChI=1S/C11H12O2/c1-11(13,9-12)8-7-10-5-3-2-4-6-10/h2-6,12-13H,9H2,1H3/t11-/m0/s1. The lowest BCUT2D eigenvalue weighted by Gasteiger charge is -2.10. The van der Waals surface area contributed by atoms with Gasteiger partial charge in [0.05, 0.1) is 6.61 Å². The van der Waals surface area contributed by atoms with Crippen LogP contribution in [0.15, 0.2) is 30.3 Å². The molecule has 2 N–H and O–H groups in total. The van der Waals surface area contributed by atoms with Crippen LogP contribution in [0, 0.1) is 11.8 Å². The van der Waals surface area contributed by atoms with Crippen molar-refractivity contribution in [2.24, 2.45) is 0 Å². The first-order valence-electron chi connectivity index (χ1n) is 4.05. The summed E-state index contributed by atoms with van der Waals surface area (Å²) in [7, 11) is 0. The molecule has 0 amide bonds. The third-order valence-electron chi connectivity index (χ3n) is 1.56. The van der Waals surface area contributed by atoms with Gasteiger partial charge in [-0.15, -0.1) is 0 Å². The normalized spacial score (nSPS) is 14.1. The van der Waals surface area contributed by atoms with Crippen molar-refractivity contribution >= 4 is 0 Å². The SMILES string of the molecule is C[C@](O)(C#Cc1ccccc1)CO. The quantitative estimate of drug-likeness (QED) is 0.621. The Hall–Kier alpha value is -1.30. The van der Waals surface area contributed by atoms with Gasteiger partial charge < -0.3 is 10.2 Å².